The van der Waals surface area contributed by atoms with E-state index in [2.05, 4.69) is 29.5 Å². The minimum absolute atomic E-state index is 0.102. The first-order chi connectivity index (χ1) is 13.5. The van der Waals surface area contributed by atoms with Crippen LogP contribution < -0.4 is 10.2 Å². The molecule has 3 rings (SSSR count). The van der Waals surface area contributed by atoms with E-state index in [1.54, 1.807) is 7.11 Å². The van der Waals surface area contributed by atoms with Crippen LogP contribution in [-0.4, -0.2) is 51.1 Å². The van der Waals surface area contributed by atoms with Crippen molar-refractivity contribution in [2.24, 2.45) is 0 Å². The second kappa shape index (κ2) is 9.05. The lowest BCUT2D eigenvalue weighted by Crippen LogP contribution is -2.46. The zero-order valence-corrected chi connectivity index (χ0v) is 18.2. The van der Waals surface area contributed by atoms with Crippen molar-refractivity contribution in [3.63, 3.8) is 0 Å². The van der Waals surface area contributed by atoms with Crippen molar-refractivity contribution in [1.29, 1.82) is 0 Å². The van der Waals surface area contributed by atoms with Gasteiger partial charge in [0.1, 0.15) is 16.8 Å². The number of methoxy groups -OCH3 is 1. The van der Waals surface area contributed by atoms with Crippen molar-refractivity contribution in [3.8, 4) is 5.75 Å². The highest BCUT2D eigenvalue weighted by molar-refractivity contribution is 8.00. The number of fused-ring (bicyclic) bond motifs is 1. The van der Waals surface area contributed by atoms with E-state index < -0.39 is 0 Å². The van der Waals surface area contributed by atoms with E-state index in [1.807, 2.05) is 34.7 Å². The number of amides is 1. The highest BCUT2D eigenvalue weighted by Gasteiger charge is 2.39. The molecule has 0 saturated heterocycles. The lowest BCUT2D eigenvalue weighted by atomic mass is 10.0. The fraction of sp³-hybridized carbons (Fsp3) is 0.526. The quantitative estimate of drug-likeness (QED) is 0.732. The molecule has 1 amide bonds. The smallest absolute Gasteiger partial charge is 0.238 e. The lowest BCUT2D eigenvalue weighted by Gasteiger charge is -2.36. The molecule has 2 heterocycles. The molecule has 0 radical (unpaired) electrons. The number of halogens is 1. The van der Waals surface area contributed by atoms with Crippen LogP contribution in [0.25, 0.3) is 0 Å². The van der Waals surface area contributed by atoms with Gasteiger partial charge in [0.25, 0.3) is 0 Å². The van der Waals surface area contributed by atoms with Gasteiger partial charge >= 0.3 is 0 Å². The van der Waals surface area contributed by atoms with Gasteiger partial charge < -0.3 is 15.1 Å². The fourth-order valence-corrected chi connectivity index (χ4v) is 4.80. The van der Waals surface area contributed by atoms with Crippen LogP contribution in [0, 0.1) is 6.92 Å². The third kappa shape index (κ3) is 4.07. The van der Waals surface area contributed by atoms with Crippen molar-refractivity contribution in [2.75, 3.05) is 25.6 Å². The second-order valence-electron chi connectivity index (χ2n) is 6.73. The Hall–Kier alpha value is -1.93. The van der Waals surface area contributed by atoms with E-state index in [9.17, 15) is 4.79 Å². The van der Waals surface area contributed by atoms with Crippen LogP contribution in [0.15, 0.2) is 23.4 Å². The molecule has 1 aliphatic heterocycles. The first-order valence-electron chi connectivity index (χ1n) is 9.47. The fourth-order valence-electron chi connectivity index (χ4n) is 3.33. The molecular weight excluding hydrogens is 398 g/mol. The van der Waals surface area contributed by atoms with E-state index >= 15 is 0 Å². The molecule has 0 spiro atoms. The molecule has 2 unspecified atom stereocenters. The maximum atomic E-state index is 13.4. The summed E-state index contributed by atoms with van der Waals surface area (Å²) in [5, 5.41) is 9.20. The molecule has 28 heavy (non-hydrogen) atoms. The molecule has 152 valence electrons. The number of hydrogen-bond acceptors (Lipinski definition) is 6. The molecule has 1 aromatic heterocycles. The third-order valence-corrected chi connectivity index (χ3v) is 6.17. The predicted octanol–water partition coefficient (Wildman–Crippen LogP) is 3.66. The molecule has 2 atom stereocenters. The van der Waals surface area contributed by atoms with Crippen LogP contribution in [0.4, 0.5) is 0 Å². The first kappa shape index (κ1) is 20.8. The number of aromatic nitrogens is 3. The van der Waals surface area contributed by atoms with Gasteiger partial charge in [-0.1, -0.05) is 43.3 Å². The van der Waals surface area contributed by atoms with Crippen LogP contribution in [0.5, 0.6) is 5.75 Å². The molecule has 1 N–H and O–H groups in total. The number of thioether (sulfide) groups is 1. The summed E-state index contributed by atoms with van der Waals surface area (Å²) < 4.78 is 7.10. The number of carbonyl (C=O) groups is 1. The number of ether oxygens (including phenoxy) is 1. The number of nitrogens with one attached hydrogen (secondary N) is 1. The minimum atomic E-state index is -0.362. The maximum absolute atomic E-state index is 13.4. The van der Waals surface area contributed by atoms with Crippen molar-refractivity contribution >= 4 is 29.3 Å². The SMILES string of the molecule is CCCN(CCC)C(=O)C1Sc2nnc(C)n2NC1c1ccc(OC)c(Cl)c1. The van der Waals surface area contributed by atoms with Crippen molar-refractivity contribution in [1.82, 2.24) is 19.8 Å². The van der Waals surface area contributed by atoms with Crippen LogP contribution in [-0.2, 0) is 4.79 Å². The standard InChI is InChI=1S/C19H26ClN5O2S/c1-5-9-24(10-6-2)18(26)17-16(13-7-8-15(27-4)14(20)11-13)23-25-12(3)21-22-19(25)28-17/h7-8,11,16-17,23H,5-6,9-10H2,1-4H3. The first-order valence-corrected chi connectivity index (χ1v) is 10.7. The van der Waals surface area contributed by atoms with Crippen LogP contribution in [0.3, 0.4) is 0 Å². The van der Waals surface area contributed by atoms with Gasteiger partial charge in [-0.15, -0.1) is 10.2 Å². The van der Waals surface area contributed by atoms with Gasteiger partial charge in [0.15, 0.2) is 0 Å². The van der Waals surface area contributed by atoms with E-state index in [0.29, 0.717) is 15.9 Å². The molecule has 2 aromatic rings. The summed E-state index contributed by atoms with van der Waals surface area (Å²) in [5.74, 6) is 1.46. The highest BCUT2D eigenvalue weighted by Crippen LogP contribution is 2.39. The summed E-state index contributed by atoms with van der Waals surface area (Å²) in [6, 6.07) is 5.36. The van der Waals surface area contributed by atoms with Gasteiger partial charge in [-0.3, -0.25) is 4.79 Å². The van der Waals surface area contributed by atoms with Gasteiger partial charge in [0.05, 0.1) is 18.2 Å². The van der Waals surface area contributed by atoms with Crippen molar-refractivity contribution in [2.45, 2.75) is 50.1 Å². The number of hydrogen-bond donors (Lipinski definition) is 1. The normalized spacial score (nSPS) is 18.3. The number of benzene rings is 1. The Morgan fingerprint density at radius 3 is 2.64 bits per heavy atom. The monoisotopic (exact) mass is 423 g/mol. The Morgan fingerprint density at radius 2 is 2.04 bits per heavy atom. The van der Waals surface area contributed by atoms with Crippen LogP contribution in [0.1, 0.15) is 44.1 Å². The molecule has 0 saturated carbocycles. The molecule has 0 bridgehead atoms. The molecule has 7 nitrogen and oxygen atoms in total. The molecule has 1 aromatic carbocycles. The van der Waals surface area contributed by atoms with E-state index in [1.165, 1.54) is 11.8 Å². The molecule has 1 aliphatic rings. The van der Waals surface area contributed by atoms with Crippen molar-refractivity contribution < 1.29 is 9.53 Å². The molecular formula is C19H26ClN5O2S. The number of aryl methyl sites for hydroxylation is 1. The van der Waals surface area contributed by atoms with Crippen molar-refractivity contribution in [3.05, 3.63) is 34.6 Å². The zero-order valence-electron chi connectivity index (χ0n) is 16.6. The second-order valence-corrected chi connectivity index (χ2v) is 8.25. The summed E-state index contributed by atoms with van der Waals surface area (Å²) in [4.78, 5) is 15.4. The average Bonchev–Trinajstić information content (AvgIpc) is 3.06. The zero-order chi connectivity index (χ0) is 20.3. The van der Waals surface area contributed by atoms with Gasteiger partial charge in [-0.2, -0.15) is 0 Å². The molecule has 0 aliphatic carbocycles. The largest absolute Gasteiger partial charge is 0.495 e. The van der Waals surface area contributed by atoms with Gasteiger partial charge in [-0.05, 0) is 37.5 Å². The average molecular weight is 424 g/mol. The van der Waals surface area contributed by atoms with E-state index in [4.69, 9.17) is 16.3 Å². The lowest BCUT2D eigenvalue weighted by molar-refractivity contribution is -0.131. The number of nitrogens with zero attached hydrogens (tertiary/aromatic N) is 4. The third-order valence-electron chi connectivity index (χ3n) is 4.68. The Balaban J connectivity index is 1.99. The van der Waals surface area contributed by atoms with E-state index in [-0.39, 0.29) is 17.2 Å². The molecule has 9 heteroatoms. The Bertz CT molecular complexity index is 838. The topological polar surface area (TPSA) is 72.3 Å². The highest BCUT2D eigenvalue weighted by atomic mass is 35.5. The van der Waals surface area contributed by atoms with Gasteiger partial charge in [0, 0.05) is 13.1 Å². The molecule has 0 fully saturated rings. The predicted molar refractivity (Wildman–Crippen MR) is 112 cm³/mol. The van der Waals surface area contributed by atoms with Crippen LogP contribution >= 0.6 is 23.4 Å². The summed E-state index contributed by atoms with van der Waals surface area (Å²) in [5.41, 5.74) is 4.34. The van der Waals surface area contributed by atoms with Gasteiger partial charge in [-0.25, -0.2) is 4.68 Å². The number of rotatable bonds is 7. The maximum Gasteiger partial charge on any atom is 0.238 e. The minimum Gasteiger partial charge on any atom is -0.495 e. The summed E-state index contributed by atoms with van der Waals surface area (Å²) in [6.07, 6.45) is 1.84. The summed E-state index contributed by atoms with van der Waals surface area (Å²) in [6.45, 7) is 7.54. The Labute approximate surface area is 174 Å². The number of carbonyl (C=O) groups excluding carboxylic acids is 1. The summed E-state index contributed by atoms with van der Waals surface area (Å²) in [7, 11) is 1.59. The van der Waals surface area contributed by atoms with Gasteiger partial charge in [0.2, 0.25) is 11.1 Å². The van der Waals surface area contributed by atoms with E-state index in [0.717, 1.165) is 37.3 Å². The Kier molecular flexibility index (Phi) is 6.72. The Morgan fingerprint density at radius 1 is 1.32 bits per heavy atom. The summed E-state index contributed by atoms with van der Waals surface area (Å²) >= 11 is 7.81. The van der Waals surface area contributed by atoms with Crippen LogP contribution in [0.2, 0.25) is 5.02 Å².